The fourth-order valence-electron chi connectivity index (χ4n) is 4.52. The van der Waals surface area contributed by atoms with Gasteiger partial charge in [-0.2, -0.15) is 0 Å². The minimum absolute atomic E-state index is 0.0707. The lowest BCUT2D eigenvalue weighted by Gasteiger charge is -2.12. The molecule has 1 heterocycles. The van der Waals surface area contributed by atoms with Crippen molar-refractivity contribution in [2.45, 2.75) is 25.3 Å². The highest BCUT2D eigenvalue weighted by molar-refractivity contribution is 5.61. The summed E-state index contributed by atoms with van der Waals surface area (Å²) in [4.78, 5) is 15.1. The van der Waals surface area contributed by atoms with E-state index in [4.69, 9.17) is 0 Å². The number of nitrogens with zero attached hydrogens (tertiary/aromatic N) is 2. The predicted molar refractivity (Wildman–Crippen MR) is 75.7 cm³/mol. The summed E-state index contributed by atoms with van der Waals surface area (Å²) in [6.07, 6.45) is 4.06. The normalized spacial score (nSPS) is 36.5. The molecule has 4 unspecified atom stereocenters. The third-order valence-corrected chi connectivity index (χ3v) is 5.37. The largest absolute Gasteiger partial charge is 0.373 e. The molecule has 0 aliphatic heterocycles. The smallest absolute Gasteiger partial charge is 0.311 e. The lowest BCUT2D eigenvalue weighted by molar-refractivity contribution is -0.384. The second kappa shape index (κ2) is 4.07. The van der Waals surface area contributed by atoms with Crippen molar-refractivity contribution in [2.75, 3.05) is 17.7 Å². The van der Waals surface area contributed by atoms with E-state index in [1.807, 2.05) is 0 Å². The van der Waals surface area contributed by atoms with Crippen molar-refractivity contribution in [2.24, 2.45) is 23.7 Å². The molecule has 0 spiro atoms. The van der Waals surface area contributed by atoms with E-state index >= 15 is 0 Å². The van der Waals surface area contributed by atoms with E-state index in [2.05, 4.69) is 15.6 Å². The Hall–Kier alpha value is -1.85. The van der Waals surface area contributed by atoms with Gasteiger partial charge in [0.25, 0.3) is 0 Å². The number of aromatic nitrogens is 1. The van der Waals surface area contributed by atoms with Crippen LogP contribution in [0.2, 0.25) is 0 Å². The van der Waals surface area contributed by atoms with Gasteiger partial charge in [-0.25, -0.2) is 4.98 Å². The Morgan fingerprint density at radius 3 is 2.60 bits per heavy atom. The fraction of sp³-hybridized carbons (Fsp3) is 0.643. The molecule has 3 aliphatic carbocycles. The molecule has 6 heteroatoms. The van der Waals surface area contributed by atoms with Crippen LogP contribution < -0.4 is 10.6 Å². The molecule has 1 aromatic heterocycles. The first-order valence-electron chi connectivity index (χ1n) is 7.28. The maximum absolute atomic E-state index is 11.1. The van der Waals surface area contributed by atoms with Crippen LogP contribution in [-0.4, -0.2) is 23.0 Å². The number of rotatable bonds is 4. The number of pyridine rings is 1. The van der Waals surface area contributed by atoms with Gasteiger partial charge in [-0.05, 0) is 49.0 Å². The zero-order valence-electron chi connectivity index (χ0n) is 11.4. The molecule has 6 nitrogen and oxygen atoms in total. The monoisotopic (exact) mass is 274 g/mol. The average molecular weight is 274 g/mol. The molecular formula is C14H18N4O2. The second-order valence-corrected chi connectivity index (χ2v) is 6.23. The van der Waals surface area contributed by atoms with Gasteiger partial charge in [0.15, 0.2) is 0 Å². The van der Waals surface area contributed by atoms with E-state index in [9.17, 15) is 10.1 Å². The third kappa shape index (κ3) is 1.60. The molecule has 0 amide bonds. The number of nitro groups is 1. The Morgan fingerprint density at radius 1 is 1.30 bits per heavy atom. The number of hydrogen-bond acceptors (Lipinski definition) is 5. The minimum atomic E-state index is -0.360. The van der Waals surface area contributed by atoms with Crippen LogP contribution in [0.25, 0.3) is 0 Å². The van der Waals surface area contributed by atoms with Crippen LogP contribution in [0.15, 0.2) is 12.1 Å². The molecule has 3 saturated carbocycles. The Bertz CT molecular complexity index is 560. The predicted octanol–water partition coefficient (Wildman–Crippen LogP) is 2.49. The lowest BCUT2D eigenvalue weighted by atomic mass is 10.0. The quantitative estimate of drug-likeness (QED) is 0.651. The van der Waals surface area contributed by atoms with Crippen LogP contribution in [0.1, 0.15) is 19.3 Å². The van der Waals surface area contributed by atoms with Crippen LogP contribution in [0.3, 0.4) is 0 Å². The maximum atomic E-state index is 11.1. The molecule has 2 bridgehead atoms. The van der Waals surface area contributed by atoms with E-state index in [1.165, 1.54) is 25.3 Å². The molecule has 0 aromatic carbocycles. The van der Waals surface area contributed by atoms with Gasteiger partial charge in [-0.3, -0.25) is 10.1 Å². The first-order valence-corrected chi connectivity index (χ1v) is 7.28. The van der Waals surface area contributed by atoms with E-state index in [0.29, 0.717) is 17.7 Å². The maximum Gasteiger partial charge on any atom is 0.311 e. The first kappa shape index (κ1) is 11.9. The summed E-state index contributed by atoms with van der Waals surface area (Å²) < 4.78 is 0. The molecule has 106 valence electrons. The topological polar surface area (TPSA) is 80.1 Å². The molecular weight excluding hydrogens is 256 g/mol. The van der Waals surface area contributed by atoms with Crippen LogP contribution >= 0.6 is 0 Å². The number of hydrogen-bond donors (Lipinski definition) is 2. The highest BCUT2D eigenvalue weighted by atomic mass is 16.6. The van der Waals surface area contributed by atoms with E-state index in [-0.39, 0.29) is 10.6 Å². The van der Waals surface area contributed by atoms with Gasteiger partial charge in [-0.15, -0.1) is 0 Å². The Morgan fingerprint density at radius 2 is 2.00 bits per heavy atom. The van der Waals surface area contributed by atoms with Crippen molar-refractivity contribution in [3.05, 3.63) is 22.2 Å². The van der Waals surface area contributed by atoms with Crippen LogP contribution in [-0.2, 0) is 0 Å². The summed E-state index contributed by atoms with van der Waals surface area (Å²) in [6, 6.07) is 3.56. The standard InChI is InChI=1S/C14H18N4O2/c1-15-10-5-4-9(18(19)20)14(16-10)17-13-11-7-2-3-8(6-7)12(11)13/h4-5,7-8,11-13H,2-3,6H2,1H3,(H2,15,16,17). The summed E-state index contributed by atoms with van der Waals surface area (Å²) in [5.74, 6) is 4.22. The Kier molecular flexibility index (Phi) is 2.43. The third-order valence-electron chi connectivity index (χ3n) is 5.37. The van der Waals surface area contributed by atoms with Gasteiger partial charge in [0.05, 0.1) is 4.92 Å². The molecule has 3 fully saturated rings. The molecule has 1 aromatic rings. The van der Waals surface area contributed by atoms with Crippen molar-refractivity contribution in [3.8, 4) is 0 Å². The molecule has 0 saturated heterocycles. The highest BCUT2D eigenvalue weighted by Crippen LogP contribution is 2.66. The highest BCUT2D eigenvalue weighted by Gasteiger charge is 2.65. The SMILES string of the molecule is CNc1ccc([N+](=O)[O-])c(NC2C3C4CCC(C4)C23)n1. The van der Waals surface area contributed by atoms with Crippen molar-refractivity contribution >= 4 is 17.3 Å². The van der Waals surface area contributed by atoms with Gasteiger partial charge in [0.2, 0.25) is 5.82 Å². The van der Waals surface area contributed by atoms with E-state index in [0.717, 1.165) is 23.7 Å². The van der Waals surface area contributed by atoms with Gasteiger partial charge in [0.1, 0.15) is 5.82 Å². The molecule has 3 aliphatic rings. The molecule has 20 heavy (non-hydrogen) atoms. The van der Waals surface area contributed by atoms with Crippen molar-refractivity contribution in [3.63, 3.8) is 0 Å². The summed E-state index contributed by atoms with van der Waals surface area (Å²) in [5.41, 5.74) is 0.0707. The van der Waals surface area contributed by atoms with Gasteiger partial charge in [0, 0.05) is 19.2 Å². The Balaban J connectivity index is 1.58. The summed E-state index contributed by atoms with van der Waals surface area (Å²) in [6.45, 7) is 0. The molecule has 4 atom stereocenters. The Labute approximate surface area is 117 Å². The minimum Gasteiger partial charge on any atom is -0.373 e. The number of fused-ring (bicyclic) bond motifs is 5. The number of nitrogens with one attached hydrogen (secondary N) is 2. The fourth-order valence-corrected chi connectivity index (χ4v) is 4.52. The van der Waals surface area contributed by atoms with Crippen molar-refractivity contribution < 1.29 is 4.92 Å². The van der Waals surface area contributed by atoms with Crippen LogP contribution in [0.4, 0.5) is 17.3 Å². The lowest BCUT2D eigenvalue weighted by Crippen LogP contribution is -2.15. The first-order chi connectivity index (χ1) is 9.69. The molecule has 0 radical (unpaired) electrons. The zero-order chi connectivity index (χ0) is 13.9. The summed E-state index contributed by atoms with van der Waals surface area (Å²) in [7, 11) is 1.77. The zero-order valence-corrected chi connectivity index (χ0v) is 11.4. The van der Waals surface area contributed by atoms with Gasteiger partial charge in [-0.1, -0.05) is 0 Å². The second-order valence-electron chi connectivity index (χ2n) is 6.23. The summed E-state index contributed by atoms with van der Waals surface area (Å²) >= 11 is 0. The van der Waals surface area contributed by atoms with Crippen LogP contribution in [0, 0.1) is 33.8 Å². The van der Waals surface area contributed by atoms with Crippen molar-refractivity contribution in [1.29, 1.82) is 0 Å². The summed E-state index contributed by atoms with van der Waals surface area (Å²) in [5, 5.41) is 17.4. The number of anilines is 2. The van der Waals surface area contributed by atoms with Crippen molar-refractivity contribution in [1.82, 2.24) is 4.98 Å². The van der Waals surface area contributed by atoms with E-state index < -0.39 is 0 Å². The van der Waals surface area contributed by atoms with E-state index in [1.54, 1.807) is 13.1 Å². The van der Waals surface area contributed by atoms with Gasteiger partial charge < -0.3 is 10.6 Å². The van der Waals surface area contributed by atoms with Gasteiger partial charge >= 0.3 is 5.69 Å². The molecule has 4 rings (SSSR count). The average Bonchev–Trinajstić information content (AvgIpc) is 2.84. The molecule has 2 N–H and O–H groups in total. The van der Waals surface area contributed by atoms with Crippen LogP contribution in [0.5, 0.6) is 0 Å².